The molecule has 0 amide bonds. The molecule has 0 saturated heterocycles. The van der Waals surface area contributed by atoms with E-state index in [1.165, 1.54) is 32.9 Å². The van der Waals surface area contributed by atoms with Crippen molar-refractivity contribution >= 4 is 11.4 Å². The summed E-state index contributed by atoms with van der Waals surface area (Å²) >= 11 is 1.33. The summed E-state index contributed by atoms with van der Waals surface area (Å²) < 4.78 is 3.74. The van der Waals surface area contributed by atoms with Crippen LogP contribution in [0.1, 0.15) is 0 Å². The summed E-state index contributed by atoms with van der Waals surface area (Å²) in [5.74, 6) is 0. The van der Waals surface area contributed by atoms with Gasteiger partial charge in [-0.2, -0.15) is 0 Å². The van der Waals surface area contributed by atoms with E-state index in [9.17, 15) is 0 Å². The van der Waals surface area contributed by atoms with E-state index in [0.29, 0.717) is 0 Å². The van der Waals surface area contributed by atoms with Gasteiger partial charge in [-0.1, -0.05) is 6.47 Å². The molecule has 0 bridgehead atoms. The van der Waals surface area contributed by atoms with Crippen LogP contribution in [0.3, 0.4) is 0 Å². The van der Waals surface area contributed by atoms with E-state index in [1.54, 1.807) is 0 Å². The molecule has 0 radical (unpaired) electrons. The number of ether oxygens (including phenoxy) is 1. The zero-order valence-corrected chi connectivity index (χ0v) is 6.37. The SMILES string of the molecule is CO[C-]=O.[CH2]=[W]. The van der Waals surface area contributed by atoms with E-state index >= 15 is 0 Å². The van der Waals surface area contributed by atoms with E-state index in [-0.39, 0.29) is 0 Å². The molecule has 2 nitrogen and oxygen atoms in total. The first-order valence-electron chi connectivity index (χ1n) is 1.11. The van der Waals surface area contributed by atoms with Gasteiger partial charge in [-0.15, -0.1) is 0 Å². The van der Waals surface area contributed by atoms with Gasteiger partial charge in [-0.3, -0.25) is 0 Å². The molecule has 0 aromatic carbocycles. The van der Waals surface area contributed by atoms with Gasteiger partial charge in [0.15, 0.2) is 0 Å². The van der Waals surface area contributed by atoms with Gasteiger partial charge in [0.25, 0.3) is 0 Å². The fraction of sp³-hybridized carbons (Fsp3) is 0.333. The summed E-state index contributed by atoms with van der Waals surface area (Å²) in [5, 5.41) is 0. The second-order valence-corrected chi connectivity index (χ2v) is 0.287. The standard InChI is InChI=1S/C2H3O2.CH2.W/c1-4-2-3;;/h1H3;1H2;/q-1;;. The van der Waals surface area contributed by atoms with Crippen LogP contribution in [0.25, 0.3) is 0 Å². The molecular formula is C3H5O2W-. The first-order chi connectivity index (χ1) is 2.91. The second-order valence-electron chi connectivity index (χ2n) is 0.287. The molecule has 0 fully saturated rings. The Bertz CT molecular complexity index is 30.0. The van der Waals surface area contributed by atoms with Gasteiger partial charge in [0.05, 0.1) is 0 Å². The Morgan fingerprint density at radius 2 is 2.00 bits per heavy atom. The Morgan fingerprint density at radius 3 is 2.00 bits per heavy atom. The molecule has 0 aliphatic carbocycles. The van der Waals surface area contributed by atoms with Crippen LogP contribution in [0.15, 0.2) is 0 Å². The summed E-state index contributed by atoms with van der Waals surface area (Å²) in [5.41, 5.74) is 0. The van der Waals surface area contributed by atoms with Gasteiger partial charge < -0.3 is 9.53 Å². The first kappa shape index (κ1) is 9.39. The van der Waals surface area contributed by atoms with Crippen molar-refractivity contribution in [3.63, 3.8) is 0 Å². The van der Waals surface area contributed by atoms with Crippen LogP contribution in [-0.2, 0) is 28.9 Å². The predicted molar refractivity (Wildman–Crippen MR) is 19.8 cm³/mol. The van der Waals surface area contributed by atoms with Crippen LogP contribution in [0.4, 0.5) is 0 Å². The van der Waals surface area contributed by atoms with Gasteiger partial charge in [-0.05, 0) is 0 Å². The molecule has 0 N–H and O–H groups in total. The maximum absolute atomic E-state index is 8.83. The third kappa shape index (κ3) is 34.9. The van der Waals surface area contributed by atoms with E-state index in [4.69, 9.17) is 4.79 Å². The number of rotatable bonds is 1. The van der Waals surface area contributed by atoms with Crippen LogP contribution in [0.5, 0.6) is 0 Å². The van der Waals surface area contributed by atoms with Gasteiger partial charge in [-0.25, -0.2) is 0 Å². The summed E-state index contributed by atoms with van der Waals surface area (Å²) in [6.07, 6.45) is 0. The van der Waals surface area contributed by atoms with Crippen molar-refractivity contribution in [3.05, 3.63) is 0 Å². The van der Waals surface area contributed by atoms with Crippen molar-refractivity contribution in [2.75, 3.05) is 7.11 Å². The molecule has 3 heteroatoms. The van der Waals surface area contributed by atoms with Gasteiger partial charge in [0.2, 0.25) is 0 Å². The molecule has 0 spiro atoms. The molecule has 0 aliphatic rings. The number of hydrogen-bond acceptors (Lipinski definition) is 2. The minimum atomic E-state index is 1.18. The van der Waals surface area contributed by atoms with Crippen LogP contribution in [0, 0.1) is 0 Å². The van der Waals surface area contributed by atoms with Crippen molar-refractivity contribution in [2.45, 2.75) is 0 Å². The minimum absolute atomic E-state index is 1.18. The number of hydrogen-bond donors (Lipinski definition) is 0. The predicted octanol–water partition coefficient (Wildman–Crippen LogP) is -0.335. The Kier molecular flexibility index (Phi) is 31.0. The topological polar surface area (TPSA) is 26.3 Å². The van der Waals surface area contributed by atoms with E-state index < -0.39 is 0 Å². The van der Waals surface area contributed by atoms with Gasteiger partial charge in [0, 0.05) is 7.11 Å². The van der Waals surface area contributed by atoms with Gasteiger partial charge >= 0.3 is 24.3 Å². The van der Waals surface area contributed by atoms with E-state index in [2.05, 4.69) is 9.64 Å². The number of carbonyl (C=O) groups excluding carboxylic acids is 1. The molecule has 0 unspecified atom stereocenters. The zero-order chi connectivity index (χ0) is 5.41. The molecule has 0 heterocycles. The molecule has 0 aromatic rings. The van der Waals surface area contributed by atoms with Crippen LogP contribution >= 0.6 is 0 Å². The van der Waals surface area contributed by atoms with Gasteiger partial charge in [0.1, 0.15) is 0 Å². The molecule has 36 valence electrons. The monoisotopic (exact) mass is 257 g/mol. The summed E-state index contributed by atoms with van der Waals surface area (Å²) in [6, 6.07) is 0. The third-order valence-electron chi connectivity index (χ3n) is 0.0833. The zero-order valence-electron chi connectivity index (χ0n) is 3.43. The quantitative estimate of drug-likeness (QED) is 0.601. The normalized spacial score (nSPS) is 4.17. The average molecular weight is 257 g/mol. The molecular weight excluding hydrogens is 252 g/mol. The maximum atomic E-state index is 8.83. The van der Waals surface area contributed by atoms with Crippen LogP contribution < -0.4 is 0 Å². The third-order valence-corrected chi connectivity index (χ3v) is 0.0833. The van der Waals surface area contributed by atoms with Crippen molar-refractivity contribution in [3.8, 4) is 0 Å². The average Bonchev–Trinajstić information content (AvgIpc) is 1.72. The Balaban J connectivity index is 0. The first-order valence-corrected chi connectivity index (χ1v) is 3.18. The number of methoxy groups -OCH3 is 1. The van der Waals surface area contributed by atoms with Crippen molar-refractivity contribution in [1.29, 1.82) is 0 Å². The molecule has 0 atom stereocenters. The summed E-state index contributed by atoms with van der Waals surface area (Å²) in [7, 11) is 1.26. The Hall–Kier alpha value is 0.0283. The summed E-state index contributed by atoms with van der Waals surface area (Å²) in [6.45, 7) is 1.18. The van der Waals surface area contributed by atoms with Crippen molar-refractivity contribution in [1.82, 2.24) is 0 Å². The fourth-order valence-electron chi connectivity index (χ4n) is 0. The van der Waals surface area contributed by atoms with Crippen molar-refractivity contribution < 1.29 is 28.9 Å². The van der Waals surface area contributed by atoms with E-state index in [1.807, 2.05) is 0 Å². The Morgan fingerprint density at radius 1 is 1.83 bits per heavy atom. The Labute approximate surface area is 47.9 Å². The van der Waals surface area contributed by atoms with Crippen molar-refractivity contribution in [2.24, 2.45) is 0 Å². The molecule has 6 heavy (non-hydrogen) atoms. The van der Waals surface area contributed by atoms with Crippen LogP contribution in [0.2, 0.25) is 0 Å². The molecule has 0 saturated carbocycles. The van der Waals surface area contributed by atoms with Crippen LogP contribution in [-0.4, -0.2) is 18.5 Å². The second kappa shape index (κ2) is 19.8. The van der Waals surface area contributed by atoms with E-state index in [0.717, 1.165) is 0 Å². The fourth-order valence-corrected chi connectivity index (χ4v) is 0. The molecule has 0 aliphatic heterocycles. The molecule has 0 rings (SSSR count). The molecule has 0 aromatic heterocycles. The summed E-state index contributed by atoms with van der Waals surface area (Å²) in [4.78, 5) is 12.2.